The highest BCUT2D eigenvalue weighted by Gasteiger charge is 2.27. The molecule has 0 amide bonds. The van der Waals surface area contributed by atoms with Gasteiger partial charge in [0.2, 0.25) is 0 Å². The molecule has 1 aliphatic carbocycles. The van der Waals surface area contributed by atoms with Gasteiger partial charge in [0.05, 0.1) is 0 Å². The molecule has 0 unspecified atom stereocenters. The second-order valence-electron chi connectivity index (χ2n) is 5.82. The van der Waals surface area contributed by atoms with Gasteiger partial charge >= 0.3 is 0 Å². The second kappa shape index (κ2) is 5.72. The van der Waals surface area contributed by atoms with Gasteiger partial charge in [-0.05, 0) is 44.2 Å². The van der Waals surface area contributed by atoms with Crippen LogP contribution in [0.3, 0.4) is 0 Å². The Morgan fingerprint density at radius 3 is 2.67 bits per heavy atom. The highest BCUT2D eigenvalue weighted by atomic mass is 15.1. The van der Waals surface area contributed by atoms with Crippen molar-refractivity contribution in [2.24, 2.45) is 0 Å². The fourth-order valence-corrected chi connectivity index (χ4v) is 2.45. The predicted octanol–water partition coefficient (Wildman–Crippen LogP) is 3.21. The molecule has 0 atom stereocenters. The molecule has 21 heavy (non-hydrogen) atoms. The maximum atomic E-state index is 6.00. The third-order valence-corrected chi connectivity index (χ3v) is 4.09. The Balaban J connectivity index is 1.69. The molecule has 0 bridgehead atoms. The molecule has 110 valence electrons. The van der Waals surface area contributed by atoms with Crippen LogP contribution in [0.4, 0.5) is 11.6 Å². The first-order valence-electron chi connectivity index (χ1n) is 7.57. The van der Waals surface area contributed by atoms with Gasteiger partial charge in [0.25, 0.3) is 0 Å². The summed E-state index contributed by atoms with van der Waals surface area (Å²) in [4.78, 5) is 9.05. The predicted molar refractivity (Wildman–Crippen MR) is 86.5 cm³/mol. The minimum atomic E-state index is 0.518. The van der Waals surface area contributed by atoms with Crippen molar-refractivity contribution in [3.8, 4) is 0 Å². The number of nitrogens with one attached hydrogen (secondary N) is 1. The number of aryl methyl sites for hydroxylation is 1. The largest absolute Gasteiger partial charge is 0.383 e. The second-order valence-corrected chi connectivity index (χ2v) is 5.82. The van der Waals surface area contributed by atoms with E-state index < -0.39 is 0 Å². The Bertz CT molecular complexity index is 647. The quantitative estimate of drug-likeness (QED) is 0.884. The Morgan fingerprint density at radius 1 is 1.19 bits per heavy atom. The van der Waals surface area contributed by atoms with Gasteiger partial charge in [-0.25, -0.2) is 9.97 Å². The van der Waals surface area contributed by atoms with Crippen LogP contribution in [0.25, 0.3) is 0 Å². The van der Waals surface area contributed by atoms with Crippen LogP contribution in [-0.4, -0.2) is 16.5 Å². The Morgan fingerprint density at radius 2 is 1.95 bits per heavy atom. The summed E-state index contributed by atoms with van der Waals surface area (Å²) in [6.07, 6.45) is 3.35. The first-order valence-corrected chi connectivity index (χ1v) is 7.57. The maximum absolute atomic E-state index is 6.00. The number of hydrogen-bond donors (Lipinski definition) is 2. The first-order chi connectivity index (χ1) is 10.1. The number of anilines is 2. The fraction of sp³-hybridized carbons (Fsp3) is 0.412. The molecular formula is C17H22N4. The number of aromatic nitrogens is 2. The number of nitrogens with zero attached hydrogens (tertiary/aromatic N) is 2. The standard InChI is InChI=1S/C17H22N4/c1-11-5-3-4-6-13(11)9-10-19-16-12(2)15(18)20-17(21-16)14-7-8-14/h3-6,14H,7-10H2,1-2H3,(H3,18,19,20,21). The van der Waals surface area contributed by atoms with E-state index in [2.05, 4.69) is 46.5 Å². The van der Waals surface area contributed by atoms with Gasteiger partial charge in [0, 0.05) is 18.0 Å². The maximum Gasteiger partial charge on any atom is 0.136 e. The minimum Gasteiger partial charge on any atom is -0.383 e. The molecule has 4 heteroatoms. The van der Waals surface area contributed by atoms with Crippen molar-refractivity contribution < 1.29 is 0 Å². The van der Waals surface area contributed by atoms with Gasteiger partial charge < -0.3 is 11.1 Å². The molecule has 1 aromatic carbocycles. The molecule has 1 aromatic heterocycles. The number of benzene rings is 1. The van der Waals surface area contributed by atoms with Gasteiger partial charge in [-0.2, -0.15) is 0 Å². The summed E-state index contributed by atoms with van der Waals surface area (Å²) in [5, 5.41) is 3.42. The number of nitrogen functional groups attached to an aromatic ring is 1. The molecule has 4 nitrogen and oxygen atoms in total. The SMILES string of the molecule is Cc1ccccc1CCNc1nc(C2CC2)nc(N)c1C. The summed E-state index contributed by atoms with van der Waals surface area (Å²) in [7, 11) is 0. The summed E-state index contributed by atoms with van der Waals surface area (Å²) in [6.45, 7) is 4.98. The molecule has 0 spiro atoms. The monoisotopic (exact) mass is 282 g/mol. The normalized spacial score (nSPS) is 14.2. The number of nitrogens with two attached hydrogens (primary N) is 1. The molecule has 3 rings (SSSR count). The van der Waals surface area contributed by atoms with Crippen molar-refractivity contribution in [2.45, 2.75) is 39.0 Å². The van der Waals surface area contributed by atoms with Crippen LogP contribution in [0, 0.1) is 13.8 Å². The number of rotatable bonds is 5. The highest BCUT2D eigenvalue weighted by Crippen LogP contribution is 2.39. The molecule has 0 aliphatic heterocycles. The van der Waals surface area contributed by atoms with E-state index in [0.717, 1.165) is 30.2 Å². The van der Waals surface area contributed by atoms with Crippen LogP contribution >= 0.6 is 0 Å². The van der Waals surface area contributed by atoms with E-state index in [0.29, 0.717) is 11.7 Å². The third kappa shape index (κ3) is 3.15. The Labute approximate surface area is 125 Å². The summed E-state index contributed by atoms with van der Waals surface area (Å²) in [5.74, 6) is 2.91. The minimum absolute atomic E-state index is 0.518. The van der Waals surface area contributed by atoms with Crippen molar-refractivity contribution in [1.29, 1.82) is 0 Å². The van der Waals surface area contributed by atoms with E-state index in [-0.39, 0.29) is 0 Å². The molecule has 0 radical (unpaired) electrons. The van der Waals surface area contributed by atoms with Crippen molar-refractivity contribution >= 4 is 11.6 Å². The number of hydrogen-bond acceptors (Lipinski definition) is 4. The van der Waals surface area contributed by atoms with Gasteiger partial charge in [-0.15, -0.1) is 0 Å². The van der Waals surface area contributed by atoms with Crippen LogP contribution < -0.4 is 11.1 Å². The molecule has 0 saturated heterocycles. The van der Waals surface area contributed by atoms with Crippen LogP contribution in [0.15, 0.2) is 24.3 Å². The van der Waals surface area contributed by atoms with E-state index in [1.54, 1.807) is 0 Å². The van der Waals surface area contributed by atoms with Crippen LogP contribution in [0.5, 0.6) is 0 Å². The molecular weight excluding hydrogens is 260 g/mol. The summed E-state index contributed by atoms with van der Waals surface area (Å²) in [5.41, 5.74) is 9.65. The lowest BCUT2D eigenvalue weighted by Gasteiger charge is -2.12. The lowest BCUT2D eigenvalue weighted by atomic mass is 10.1. The van der Waals surface area contributed by atoms with E-state index in [1.807, 2.05) is 6.92 Å². The highest BCUT2D eigenvalue weighted by molar-refractivity contribution is 5.55. The van der Waals surface area contributed by atoms with E-state index in [1.165, 1.54) is 24.0 Å². The van der Waals surface area contributed by atoms with Gasteiger partial charge in [-0.3, -0.25) is 0 Å². The fourth-order valence-electron chi connectivity index (χ4n) is 2.45. The molecule has 1 heterocycles. The summed E-state index contributed by atoms with van der Waals surface area (Å²) >= 11 is 0. The molecule has 1 aliphatic rings. The Kier molecular flexibility index (Phi) is 3.78. The van der Waals surface area contributed by atoms with E-state index >= 15 is 0 Å². The molecule has 3 N–H and O–H groups in total. The van der Waals surface area contributed by atoms with Crippen molar-refractivity contribution in [2.75, 3.05) is 17.6 Å². The van der Waals surface area contributed by atoms with E-state index in [9.17, 15) is 0 Å². The van der Waals surface area contributed by atoms with Crippen molar-refractivity contribution in [3.05, 3.63) is 46.8 Å². The zero-order valence-electron chi connectivity index (χ0n) is 12.7. The van der Waals surface area contributed by atoms with Crippen LogP contribution in [0.1, 0.15) is 41.3 Å². The van der Waals surface area contributed by atoms with Crippen molar-refractivity contribution in [3.63, 3.8) is 0 Å². The lowest BCUT2D eigenvalue weighted by Crippen LogP contribution is -2.12. The molecule has 1 fully saturated rings. The van der Waals surface area contributed by atoms with Gasteiger partial charge in [-0.1, -0.05) is 24.3 Å². The van der Waals surface area contributed by atoms with Crippen LogP contribution in [-0.2, 0) is 6.42 Å². The average Bonchev–Trinajstić information content (AvgIpc) is 3.30. The average molecular weight is 282 g/mol. The lowest BCUT2D eigenvalue weighted by molar-refractivity contribution is 0.909. The van der Waals surface area contributed by atoms with Crippen LogP contribution in [0.2, 0.25) is 0 Å². The molecule has 2 aromatic rings. The Hall–Kier alpha value is -2.10. The first kappa shape index (κ1) is 13.9. The third-order valence-electron chi connectivity index (χ3n) is 4.09. The smallest absolute Gasteiger partial charge is 0.136 e. The van der Waals surface area contributed by atoms with Gasteiger partial charge in [0.15, 0.2) is 0 Å². The van der Waals surface area contributed by atoms with Gasteiger partial charge in [0.1, 0.15) is 17.5 Å². The zero-order valence-corrected chi connectivity index (χ0v) is 12.7. The summed E-state index contributed by atoms with van der Waals surface area (Å²) in [6, 6.07) is 8.48. The molecule has 1 saturated carbocycles. The van der Waals surface area contributed by atoms with E-state index in [4.69, 9.17) is 5.73 Å². The topological polar surface area (TPSA) is 63.8 Å². The van der Waals surface area contributed by atoms with Crippen molar-refractivity contribution in [1.82, 2.24) is 9.97 Å². The summed E-state index contributed by atoms with van der Waals surface area (Å²) < 4.78 is 0. The zero-order chi connectivity index (χ0) is 14.8.